The van der Waals surface area contributed by atoms with Gasteiger partial charge in [-0.2, -0.15) is 0 Å². The van der Waals surface area contributed by atoms with E-state index in [1.54, 1.807) is 6.08 Å². The lowest BCUT2D eigenvalue weighted by Crippen LogP contribution is -2.21. The molecular formula is C20H19FN2O. The van der Waals surface area contributed by atoms with Gasteiger partial charge in [-0.05, 0) is 61.2 Å². The van der Waals surface area contributed by atoms with Crippen LogP contribution in [0.25, 0.3) is 6.08 Å². The number of nitrogens with one attached hydrogen (secondary N) is 1. The van der Waals surface area contributed by atoms with Crippen molar-refractivity contribution < 1.29 is 9.18 Å². The Morgan fingerprint density at radius 3 is 2.88 bits per heavy atom. The molecule has 24 heavy (non-hydrogen) atoms. The zero-order valence-electron chi connectivity index (χ0n) is 13.3. The second-order valence-electron chi connectivity index (χ2n) is 5.95. The molecule has 1 aliphatic carbocycles. The average molecular weight is 322 g/mol. The van der Waals surface area contributed by atoms with E-state index >= 15 is 0 Å². The number of carbonyl (C=O) groups is 1. The van der Waals surface area contributed by atoms with Crippen molar-refractivity contribution in [2.75, 3.05) is 6.54 Å². The highest BCUT2D eigenvalue weighted by Crippen LogP contribution is 2.30. The van der Waals surface area contributed by atoms with Crippen LogP contribution in [0.5, 0.6) is 0 Å². The third-order valence-corrected chi connectivity index (χ3v) is 4.21. The van der Waals surface area contributed by atoms with Gasteiger partial charge in [0.15, 0.2) is 0 Å². The Morgan fingerprint density at radius 2 is 2.12 bits per heavy atom. The van der Waals surface area contributed by atoms with Gasteiger partial charge in [0.25, 0.3) is 0 Å². The second-order valence-corrected chi connectivity index (χ2v) is 5.95. The molecule has 0 spiro atoms. The van der Waals surface area contributed by atoms with Gasteiger partial charge < -0.3 is 11.1 Å². The Bertz CT molecular complexity index is 753. The Hall–Kier alpha value is -2.64. The predicted octanol–water partition coefficient (Wildman–Crippen LogP) is 2.74. The molecule has 1 amide bonds. The van der Waals surface area contributed by atoms with Crippen LogP contribution in [-0.4, -0.2) is 12.5 Å². The van der Waals surface area contributed by atoms with Crippen molar-refractivity contribution in [3.05, 3.63) is 76.6 Å². The van der Waals surface area contributed by atoms with Crippen LogP contribution in [-0.2, 0) is 17.6 Å². The lowest BCUT2D eigenvalue weighted by Gasteiger charge is -2.12. The van der Waals surface area contributed by atoms with Gasteiger partial charge >= 0.3 is 0 Å². The van der Waals surface area contributed by atoms with Crippen LogP contribution in [0.3, 0.4) is 0 Å². The van der Waals surface area contributed by atoms with Gasteiger partial charge in [-0.1, -0.05) is 24.3 Å². The summed E-state index contributed by atoms with van der Waals surface area (Å²) in [7, 11) is 0. The van der Waals surface area contributed by atoms with E-state index < -0.39 is 5.91 Å². The SMILES string of the molecule is NC(=O)/C=C/c1c#cc2c(c1)CCC2NCCc1ccc(F)cc1. The summed E-state index contributed by atoms with van der Waals surface area (Å²) in [6, 6.07) is 15.2. The molecule has 4 heteroatoms. The molecule has 122 valence electrons. The van der Waals surface area contributed by atoms with Crippen molar-refractivity contribution >= 4 is 12.0 Å². The van der Waals surface area contributed by atoms with Crippen molar-refractivity contribution in [1.29, 1.82) is 0 Å². The molecule has 2 aromatic carbocycles. The third kappa shape index (κ3) is 4.01. The van der Waals surface area contributed by atoms with Gasteiger partial charge in [0.05, 0.1) is 0 Å². The monoisotopic (exact) mass is 322 g/mol. The van der Waals surface area contributed by atoms with Crippen molar-refractivity contribution in [2.24, 2.45) is 5.73 Å². The summed E-state index contributed by atoms with van der Waals surface area (Å²) >= 11 is 0. The molecule has 1 atom stereocenters. The quantitative estimate of drug-likeness (QED) is 0.804. The molecule has 3 nitrogen and oxygen atoms in total. The van der Waals surface area contributed by atoms with E-state index in [0.717, 1.165) is 42.5 Å². The van der Waals surface area contributed by atoms with Gasteiger partial charge in [0.1, 0.15) is 5.82 Å². The minimum Gasteiger partial charge on any atom is -0.366 e. The van der Waals surface area contributed by atoms with Gasteiger partial charge in [0, 0.05) is 23.2 Å². The number of rotatable bonds is 6. The summed E-state index contributed by atoms with van der Waals surface area (Å²) in [5, 5.41) is 3.53. The molecule has 0 aromatic heterocycles. The Balaban J connectivity index is 1.58. The number of aryl methyl sites for hydroxylation is 1. The molecule has 0 radical (unpaired) electrons. The first-order valence-electron chi connectivity index (χ1n) is 8.04. The average Bonchev–Trinajstić information content (AvgIpc) is 2.97. The van der Waals surface area contributed by atoms with Crippen molar-refractivity contribution in [3.63, 3.8) is 0 Å². The molecule has 0 fully saturated rings. The number of benzene rings is 1. The van der Waals surface area contributed by atoms with Crippen LogP contribution in [0.1, 0.15) is 34.7 Å². The number of carbonyl (C=O) groups excluding carboxylic acids is 1. The summed E-state index contributed by atoms with van der Waals surface area (Å²) in [5.74, 6) is -0.674. The summed E-state index contributed by atoms with van der Waals surface area (Å²) in [6.45, 7) is 0.826. The topological polar surface area (TPSA) is 55.1 Å². The molecule has 1 aliphatic rings. The largest absolute Gasteiger partial charge is 0.366 e. The lowest BCUT2D eigenvalue weighted by molar-refractivity contribution is -0.113. The fourth-order valence-corrected chi connectivity index (χ4v) is 2.99. The van der Waals surface area contributed by atoms with E-state index in [2.05, 4.69) is 17.4 Å². The number of amides is 1. The van der Waals surface area contributed by atoms with Crippen LogP contribution in [0.2, 0.25) is 0 Å². The van der Waals surface area contributed by atoms with Crippen molar-refractivity contribution in [2.45, 2.75) is 25.3 Å². The van der Waals surface area contributed by atoms with Gasteiger partial charge in [-0.25, -0.2) is 4.39 Å². The van der Waals surface area contributed by atoms with Crippen molar-refractivity contribution in [1.82, 2.24) is 5.32 Å². The number of hydrogen-bond donors (Lipinski definition) is 2. The van der Waals surface area contributed by atoms with E-state index in [0.29, 0.717) is 0 Å². The minimum atomic E-state index is -0.468. The maximum atomic E-state index is 12.9. The summed E-state index contributed by atoms with van der Waals surface area (Å²) in [4.78, 5) is 10.8. The zero-order chi connectivity index (χ0) is 16.9. The number of hydrogen-bond acceptors (Lipinski definition) is 2. The first-order valence-corrected chi connectivity index (χ1v) is 8.04. The highest BCUT2D eigenvalue weighted by Gasteiger charge is 2.21. The van der Waals surface area contributed by atoms with Gasteiger partial charge in [-0.3, -0.25) is 4.79 Å². The molecule has 2 aromatic rings. The number of fused-ring (bicyclic) bond motifs is 1. The van der Waals surface area contributed by atoms with E-state index in [-0.39, 0.29) is 11.9 Å². The Labute approximate surface area is 141 Å². The fraction of sp³-hybridized carbons (Fsp3) is 0.250. The summed E-state index contributed by atoms with van der Waals surface area (Å²) in [6.07, 6.45) is 5.85. The minimum absolute atomic E-state index is 0.206. The normalized spacial score (nSPS) is 16.1. The smallest absolute Gasteiger partial charge is 0.241 e. The molecule has 0 heterocycles. The first kappa shape index (κ1) is 16.2. The highest BCUT2D eigenvalue weighted by molar-refractivity contribution is 5.90. The van der Waals surface area contributed by atoms with Crippen LogP contribution < -0.4 is 11.1 Å². The van der Waals surface area contributed by atoms with Crippen LogP contribution >= 0.6 is 0 Å². The van der Waals surface area contributed by atoms with E-state index in [1.165, 1.54) is 23.8 Å². The van der Waals surface area contributed by atoms with Crippen LogP contribution in [0, 0.1) is 17.9 Å². The molecule has 0 bridgehead atoms. The van der Waals surface area contributed by atoms with Gasteiger partial charge in [0.2, 0.25) is 5.91 Å². The van der Waals surface area contributed by atoms with Gasteiger partial charge in [-0.15, -0.1) is 0 Å². The summed E-state index contributed by atoms with van der Waals surface area (Å²) in [5.41, 5.74) is 9.42. The highest BCUT2D eigenvalue weighted by atomic mass is 19.1. The molecular weight excluding hydrogens is 303 g/mol. The molecule has 0 saturated carbocycles. The lowest BCUT2D eigenvalue weighted by atomic mass is 10.1. The zero-order valence-corrected chi connectivity index (χ0v) is 13.3. The maximum absolute atomic E-state index is 12.9. The Kier molecular flexibility index (Phi) is 4.93. The molecule has 0 aliphatic heterocycles. The number of halogens is 1. The third-order valence-electron chi connectivity index (χ3n) is 4.21. The molecule has 1 unspecified atom stereocenters. The standard InChI is InChI=1S/C20H19FN2O/c21-17-6-1-14(2-7-17)11-12-23-19-9-5-16-13-15(3-8-18(16)19)4-10-20(22)24/h1-2,4,6-7,10,13,19,23H,5,9,11-12H2,(H2,22,24)/b10-4+. The van der Waals surface area contributed by atoms with Crippen LogP contribution in [0.4, 0.5) is 4.39 Å². The number of nitrogens with two attached hydrogens (primary N) is 1. The van der Waals surface area contributed by atoms with E-state index in [1.807, 2.05) is 18.2 Å². The fourth-order valence-electron chi connectivity index (χ4n) is 2.99. The number of primary amides is 1. The molecule has 3 N–H and O–H groups in total. The Morgan fingerprint density at radius 1 is 1.33 bits per heavy atom. The first-order chi connectivity index (χ1) is 11.6. The van der Waals surface area contributed by atoms with Crippen LogP contribution in [0.15, 0.2) is 36.4 Å². The summed E-state index contributed by atoms with van der Waals surface area (Å²) < 4.78 is 12.9. The molecule has 0 saturated heterocycles. The van der Waals surface area contributed by atoms with E-state index in [4.69, 9.17) is 5.73 Å². The van der Waals surface area contributed by atoms with E-state index in [9.17, 15) is 9.18 Å². The molecule has 3 rings (SSSR count). The van der Waals surface area contributed by atoms with Crippen molar-refractivity contribution in [3.8, 4) is 0 Å². The predicted molar refractivity (Wildman–Crippen MR) is 91.5 cm³/mol. The second kappa shape index (κ2) is 7.29. The maximum Gasteiger partial charge on any atom is 0.241 e.